The van der Waals surface area contributed by atoms with Gasteiger partial charge in [-0.15, -0.1) is 24.0 Å². The lowest BCUT2D eigenvalue weighted by atomic mass is 9.84. The summed E-state index contributed by atoms with van der Waals surface area (Å²) in [6.07, 6.45) is 9.28. The molecule has 0 aromatic carbocycles. The normalized spacial score (nSPS) is 27.8. The topological polar surface area (TPSA) is 52.1 Å². The number of hydrogen-bond acceptors (Lipinski definition) is 4. The van der Waals surface area contributed by atoms with E-state index in [1.54, 1.807) is 0 Å². The maximum Gasteiger partial charge on any atom is 0.191 e. The molecule has 1 atom stereocenters. The van der Waals surface area contributed by atoms with Gasteiger partial charge in [0.2, 0.25) is 0 Å². The van der Waals surface area contributed by atoms with E-state index < -0.39 is 0 Å². The van der Waals surface area contributed by atoms with Crippen LogP contribution in [0.2, 0.25) is 0 Å². The maximum absolute atomic E-state index is 5.71. The highest BCUT2D eigenvalue weighted by molar-refractivity contribution is 14.0. The van der Waals surface area contributed by atoms with Crippen LogP contribution in [0.1, 0.15) is 44.9 Å². The van der Waals surface area contributed by atoms with Crippen LogP contribution in [0.15, 0.2) is 4.99 Å². The molecule has 0 aromatic rings. The fourth-order valence-corrected chi connectivity index (χ4v) is 4.49. The second-order valence-electron chi connectivity index (χ2n) is 8.02. The van der Waals surface area contributed by atoms with Crippen molar-refractivity contribution < 1.29 is 4.74 Å². The van der Waals surface area contributed by atoms with E-state index in [9.17, 15) is 0 Å². The van der Waals surface area contributed by atoms with Crippen molar-refractivity contribution in [2.75, 3.05) is 60.0 Å². The lowest BCUT2D eigenvalue weighted by molar-refractivity contribution is 0.0172. The molecule has 3 saturated heterocycles. The summed E-state index contributed by atoms with van der Waals surface area (Å²) in [5.41, 5.74) is 0.286. The Kier molecular flexibility index (Phi) is 9.40. The quantitative estimate of drug-likeness (QED) is 0.359. The molecule has 3 heterocycles. The standard InChI is InChI=1S/C19H37N5O.HI/c1-20-18(21-15-17-7-6-14-25-17)22-16-19(8-12-23(2)13-9-19)24-10-4-3-5-11-24;/h17H,3-16H2,1-2H3,(H2,20,21,22);1H. The highest BCUT2D eigenvalue weighted by Gasteiger charge is 2.39. The fourth-order valence-electron chi connectivity index (χ4n) is 4.49. The summed E-state index contributed by atoms with van der Waals surface area (Å²) in [6.45, 7) is 7.66. The van der Waals surface area contributed by atoms with Crippen molar-refractivity contribution in [3.05, 3.63) is 0 Å². The molecule has 152 valence electrons. The van der Waals surface area contributed by atoms with E-state index in [-0.39, 0.29) is 29.5 Å². The molecule has 0 spiro atoms. The minimum absolute atomic E-state index is 0. The first kappa shape index (κ1) is 22.2. The fraction of sp³-hybridized carbons (Fsp3) is 0.947. The summed E-state index contributed by atoms with van der Waals surface area (Å²) < 4.78 is 5.71. The van der Waals surface area contributed by atoms with Gasteiger partial charge in [0.25, 0.3) is 0 Å². The second kappa shape index (κ2) is 11.0. The molecule has 0 saturated carbocycles. The van der Waals surface area contributed by atoms with Gasteiger partial charge in [0.05, 0.1) is 6.10 Å². The summed E-state index contributed by atoms with van der Waals surface area (Å²) in [4.78, 5) is 9.67. The van der Waals surface area contributed by atoms with Crippen LogP contribution in [-0.2, 0) is 4.74 Å². The molecule has 2 N–H and O–H groups in total. The van der Waals surface area contributed by atoms with Crippen LogP contribution in [0, 0.1) is 0 Å². The van der Waals surface area contributed by atoms with Gasteiger partial charge in [0.15, 0.2) is 5.96 Å². The molecule has 7 heteroatoms. The van der Waals surface area contributed by atoms with Gasteiger partial charge >= 0.3 is 0 Å². The van der Waals surface area contributed by atoms with Crippen LogP contribution in [0.5, 0.6) is 0 Å². The number of halogens is 1. The number of hydrogen-bond donors (Lipinski definition) is 2. The smallest absolute Gasteiger partial charge is 0.191 e. The minimum Gasteiger partial charge on any atom is -0.376 e. The van der Waals surface area contributed by atoms with Gasteiger partial charge in [-0.2, -0.15) is 0 Å². The molecule has 3 aliphatic rings. The Morgan fingerprint density at radius 1 is 1.08 bits per heavy atom. The number of rotatable bonds is 5. The van der Waals surface area contributed by atoms with Crippen LogP contribution in [0.4, 0.5) is 0 Å². The Morgan fingerprint density at radius 2 is 1.81 bits per heavy atom. The van der Waals surface area contributed by atoms with E-state index in [4.69, 9.17) is 4.74 Å². The second-order valence-corrected chi connectivity index (χ2v) is 8.02. The molecule has 3 aliphatic heterocycles. The number of nitrogens with one attached hydrogen (secondary N) is 2. The van der Waals surface area contributed by atoms with Crippen molar-refractivity contribution in [3.8, 4) is 0 Å². The molecule has 0 bridgehead atoms. The number of nitrogens with zero attached hydrogens (tertiary/aromatic N) is 3. The van der Waals surface area contributed by atoms with E-state index in [1.165, 1.54) is 64.7 Å². The third kappa shape index (κ3) is 5.94. The van der Waals surface area contributed by atoms with Crippen molar-refractivity contribution in [2.45, 2.75) is 56.6 Å². The van der Waals surface area contributed by atoms with Crippen LogP contribution in [0.25, 0.3) is 0 Å². The third-order valence-electron chi connectivity index (χ3n) is 6.27. The monoisotopic (exact) mass is 479 g/mol. The summed E-state index contributed by atoms with van der Waals surface area (Å²) in [6, 6.07) is 0. The molecule has 0 aliphatic carbocycles. The van der Waals surface area contributed by atoms with Crippen molar-refractivity contribution >= 4 is 29.9 Å². The van der Waals surface area contributed by atoms with Crippen LogP contribution in [0.3, 0.4) is 0 Å². The summed E-state index contributed by atoms with van der Waals surface area (Å²) in [7, 11) is 4.11. The third-order valence-corrected chi connectivity index (χ3v) is 6.27. The van der Waals surface area contributed by atoms with Crippen molar-refractivity contribution in [2.24, 2.45) is 4.99 Å². The number of piperidine rings is 2. The van der Waals surface area contributed by atoms with Gasteiger partial charge in [-0.25, -0.2) is 0 Å². The van der Waals surface area contributed by atoms with Gasteiger partial charge in [-0.3, -0.25) is 9.89 Å². The Labute approximate surface area is 176 Å². The number of aliphatic imine (C=N–C) groups is 1. The number of ether oxygens (including phenoxy) is 1. The molecule has 3 fully saturated rings. The number of likely N-dealkylation sites (tertiary alicyclic amines) is 2. The first-order valence-electron chi connectivity index (χ1n) is 10.2. The summed E-state index contributed by atoms with van der Waals surface area (Å²) >= 11 is 0. The lowest BCUT2D eigenvalue weighted by Gasteiger charge is -2.50. The molecule has 0 aromatic heterocycles. The Hall–Kier alpha value is -0.120. The molecule has 3 rings (SSSR count). The predicted molar refractivity (Wildman–Crippen MR) is 119 cm³/mol. The molecule has 26 heavy (non-hydrogen) atoms. The minimum atomic E-state index is 0. The van der Waals surface area contributed by atoms with E-state index in [0.29, 0.717) is 6.10 Å². The van der Waals surface area contributed by atoms with E-state index in [0.717, 1.165) is 32.1 Å². The van der Waals surface area contributed by atoms with Crippen LogP contribution >= 0.6 is 24.0 Å². The average molecular weight is 479 g/mol. The summed E-state index contributed by atoms with van der Waals surface area (Å²) in [5, 5.41) is 7.10. The summed E-state index contributed by atoms with van der Waals surface area (Å²) in [5.74, 6) is 0.922. The number of guanidine groups is 1. The van der Waals surface area contributed by atoms with Gasteiger partial charge in [0, 0.05) is 32.3 Å². The zero-order chi connectivity index (χ0) is 17.5. The molecule has 0 amide bonds. The highest BCUT2D eigenvalue weighted by atomic mass is 127. The Balaban J connectivity index is 0.00000243. The maximum atomic E-state index is 5.71. The molecular weight excluding hydrogens is 441 g/mol. The van der Waals surface area contributed by atoms with Crippen molar-refractivity contribution in [3.63, 3.8) is 0 Å². The van der Waals surface area contributed by atoms with E-state index in [1.807, 2.05) is 7.05 Å². The zero-order valence-corrected chi connectivity index (χ0v) is 19.0. The molecular formula is C19H38IN5O. The van der Waals surface area contributed by atoms with Gasteiger partial charge in [0.1, 0.15) is 0 Å². The highest BCUT2D eigenvalue weighted by Crippen LogP contribution is 2.30. The van der Waals surface area contributed by atoms with E-state index >= 15 is 0 Å². The van der Waals surface area contributed by atoms with Gasteiger partial charge in [-0.05, 0) is 71.8 Å². The first-order chi connectivity index (χ1) is 12.2. The predicted octanol–water partition coefficient (Wildman–Crippen LogP) is 1.90. The molecule has 0 radical (unpaired) electrons. The van der Waals surface area contributed by atoms with Crippen LogP contribution in [-0.4, -0.2) is 87.4 Å². The largest absolute Gasteiger partial charge is 0.376 e. The van der Waals surface area contributed by atoms with Crippen molar-refractivity contribution in [1.29, 1.82) is 0 Å². The van der Waals surface area contributed by atoms with Gasteiger partial charge in [-0.1, -0.05) is 6.42 Å². The average Bonchev–Trinajstić information content (AvgIpc) is 3.18. The van der Waals surface area contributed by atoms with E-state index in [2.05, 4.69) is 32.5 Å². The SMILES string of the molecule is CN=C(NCC1CCCO1)NCC1(N2CCCCC2)CCN(C)CC1.I. The Morgan fingerprint density at radius 3 is 2.42 bits per heavy atom. The molecule has 6 nitrogen and oxygen atoms in total. The Bertz CT molecular complexity index is 428. The lowest BCUT2D eigenvalue weighted by Crippen LogP contribution is -2.62. The van der Waals surface area contributed by atoms with Crippen molar-refractivity contribution in [1.82, 2.24) is 20.4 Å². The zero-order valence-electron chi connectivity index (χ0n) is 16.6. The first-order valence-corrected chi connectivity index (χ1v) is 10.2. The molecule has 1 unspecified atom stereocenters. The van der Waals surface area contributed by atoms with Gasteiger partial charge < -0.3 is 20.3 Å². The van der Waals surface area contributed by atoms with Crippen LogP contribution < -0.4 is 10.6 Å².